The van der Waals surface area contributed by atoms with Crippen LogP contribution in [0.15, 0.2) is 84.9 Å². The molecule has 0 fully saturated rings. The smallest absolute Gasteiger partial charge is 0.220 e. The van der Waals surface area contributed by atoms with E-state index in [1.54, 1.807) is 0 Å². The van der Waals surface area contributed by atoms with Crippen molar-refractivity contribution in [3.8, 4) is 11.5 Å². The van der Waals surface area contributed by atoms with Gasteiger partial charge in [0, 0.05) is 18.4 Å². The van der Waals surface area contributed by atoms with Crippen LogP contribution in [0.5, 0.6) is 11.5 Å². The fourth-order valence-electron chi connectivity index (χ4n) is 3.61. The maximum Gasteiger partial charge on any atom is 0.220 e. The number of hydrogen-bond donors (Lipinski definition) is 1. The summed E-state index contributed by atoms with van der Waals surface area (Å²) in [6, 6.07) is 28.2. The fourth-order valence-corrected chi connectivity index (χ4v) is 3.61. The summed E-state index contributed by atoms with van der Waals surface area (Å²) in [6.07, 6.45) is 1.05. The lowest BCUT2D eigenvalue weighted by Crippen LogP contribution is -2.39. The zero-order valence-corrected chi connectivity index (χ0v) is 18.3. The molecule has 0 unspecified atom stereocenters. The minimum atomic E-state index is -0.300. The molecule has 0 aromatic heterocycles. The van der Waals surface area contributed by atoms with Gasteiger partial charge in [-0.05, 0) is 43.5 Å². The van der Waals surface area contributed by atoms with Crippen LogP contribution in [-0.4, -0.2) is 25.7 Å². The second-order valence-electron chi connectivity index (χ2n) is 7.67. The van der Waals surface area contributed by atoms with Crippen LogP contribution in [0.3, 0.4) is 0 Å². The van der Waals surface area contributed by atoms with Crippen molar-refractivity contribution in [2.45, 2.75) is 32.1 Å². The third kappa shape index (κ3) is 6.11. The van der Waals surface area contributed by atoms with Gasteiger partial charge in [-0.1, -0.05) is 72.8 Å². The van der Waals surface area contributed by atoms with E-state index in [9.17, 15) is 4.79 Å². The highest BCUT2D eigenvalue weighted by Gasteiger charge is 2.29. The van der Waals surface area contributed by atoms with Crippen molar-refractivity contribution in [3.63, 3.8) is 0 Å². The molecule has 4 nitrogen and oxygen atoms in total. The van der Waals surface area contributed by atoms with Gasteiger partial charge < -0.3 is 14.8 Å². The number of rotatable bonds is 11. The SMILES string of the molecule is CCOc1ccccc1OCCCC(=O)NCC(C)(c1ccccc1)c1ccccc1. The van der Waals surface area contributed by atoms with E-state index in [0.717, 1.165) is 5.75 Å². The van der Waals surface area contributed by atoms with Crippen molar-refractivity contribution >= 4 is 5.91 Å². The minimum absolute atomic E-state index is 0.0276. The minimum Gasteiger partial charge on any atom is -0.490 e. The lowest BCUT2D eigenvalue weighted by Gasteiger charge is -2.31. The third-order valence-corrected chi connectivity index (χ3v) is 5.42. The van der Waals surface area contributed by atoms with Crippen molar-refractivity contribution in [1.29, 1.82) is 0 Å². The van der Waals surface area contributed by atoms with Gasteiger partial charge in [-0.25, -0.2) is 0 Å². The van der Waals surface area contributed by atoms with Gasteiger partial charge in [0.05, 0.1) is 13.2 Å². The number of benzene rings is 3. The number of para-hydroxylation sites is 2. The maximum absolute atomic E-state index is 12.5. The van der Waals surface area contributed by atoms with Gasteiger partial charge in [0.25, 0.3) is 0 Å². The molecule has 3 aromatic carbocycles. The van der Waals surface area contributed by atoms with Crippen molar-refractivity contribution in [3.05, 3.63) is 96.1 Å². The van der Waals surface area contributed by atoms with Gasteiger partial charge in [-0.15, -0.1) is 0 Å². The highest BCUT2D eigenvalue weighted by atomic mass is 16.5. The van der Waals surface area contributed by atoms with Crippen molar-refractivity contribution < 1.29 is 14.3 Å². The molecule has 0 atom stereocenters. The van der Waals surface area contributed by atoms with Gasteiger partial charge in [-0.2, -0.15) is 0 Å². The summed E-state index contributed by atoms with van der Waals surface area (Å²) >= 11 is 0. The summed E-state index contributed by atoms with van der Waals surface area (Å²) in [5.41, 5.74) is 2.06. The summed E-state index contributed by atoms with van der Waals surface area (Å²) < 4.78 is 11.4. The van der Waals surface area contributed by atoms with E-state index in [2.05, 4.69) is 36.5 Å². The first-order chi connectivity index (χ1) is 15.1. The predicted molar refractivity (Wildman–Crippen MR) is 125 cm³/mol. The Hall–Kier alpha value is -3.27. The summed E-state index contributed by atoms with van der Waals surface area (Å²) in [6.45, 7) is 5.70. The van der Waals surface area contributed by atoms with Gasteiger partial charge in [0.2, 0.25) is 5.91 Å². The van der Waals surface area contributed by atoms with Gasteiger partial charge >= 0.3 is 0 Å². The highest BCUT2D eigenvalue weighted by molar-refractivity contribution is 5.76. The monoisotopic (exact) mass is 417 g/mol. The molecule has 31 heavy (non-hydrogen) atoms. The van der Waals surface area contributed by atoms with Crippen LogP contribution in [0.1, 0.15) is 37.8 Å². The first-order valence-corrected chi connectivity index (χ1v) is 10.9. The Morgan fingerprint density at radius 2 is 1.32 bits per heavy atom. The lowest BCUT2D eigenvalue weighted by molar-refractivity contribution is -0.121. The zero-order valence-electron chi connectivity index (χ0n) is 18.3. The average molecular weight is 418 g/mol. The van der Waals surface area contributed by atoms with Crippen LogP contribution in [0.4, 0.5) is 0 Å². The van der Waals surface area contributed by atoms with E-state index in [0.29, 0.717) is 38.3 Å². The summed E-state index contributed by atoms with van der Waals surface area (Å²) in [4.78, 5) is 12.5. The van der Waals surface area contributed by atoms with E-state index in [1.807, 2.05) is 67.6 Å². The Morgan fingerprint density at radius 1 is 0.806 bits per heavy atom. The van der Waals surface area contributed by atoms with Crippen molar-refractivity contribution in [2.75, 3.05) is 19.8 Å². The van der Waals surface area contributed by atoms with Crippen LogP contribution in [0.2, 0.25) is 0 Å². The van der Waals surface area contributed by atoms with Crippen LogP contribution >= 0.6 is 0 Å². The summed E-state index contributed by atoms with van der Waals surface area (Å²) in [5, 5.41) is 3.13. The van der Waals surface area contributed by atoms with Crippen LogP contribution < -0.4 is 14.8 Å². The molecule has 0 aliphatic rings. The first-order valence-electron chi connectivity index (χ1n) is 10.9. The molecule has 3 rings (SSSR count). The molecular formula is C27H31NO3. The molecule has 0 saturated heterocycles. The van der Waals surface area contributed by atoms with E-state index < -0.39 is 0 Å². The quantitative estimate of drug-likeness (QED) is 0.427. The average Bonchev–Trinajstić information content (AvgIpc) is 2.82. The largest absolute Gasteiger partial charge is 0.490 e. The Morgan fingerprint density at radius 3 is 1.87 bits per heavy atom. The molecule has 3 aromatic rings. The summed E-state index contributed by atoms with van der Waals surface area (Å²) in [5.74, 6) is 1.47. The van der Waals surface area contributed by atoms with Crippen LogP contribution in [0.25, 0.3) is 0 Å². The standard InChI is InChI=1S/C27H31NO3/c1-3-30-24-17-10-11-18-25(24)31-20-12-19-26(29)28-21-27(2,22-13-6-4-7-14-22)23-15-8-5-9-16-23/h4-11,13-18H,3,12,19-21H2,1-2H3,(H,28,29). The first kappa shape index (κ1) is 22.4. The molecule has 0 heterocycles. The molecule has 1 amide bonds. The predicted octanol–water partition coefficient (Wildman–Crippen LogP) is 5.37. The van der Waals surface area contributed by atoms with Gasteiger partial charge in [0.1, 0.15) is 0 Å². The topological polar surface area (TPSA) is 47.6 Å². The molecule has 0 aliphatic carbocycles. The lowest BCUT2D eigenvalue weighted by atomic mass is 9.76. The van der Waals surface area contributed by atoms with Gasteiger partial charge in [0.15, 0.2) is 11.5 Å². The Balaban J connectivity index is 1.54. The molecule has 0 saturated carbocycles. The van der Waals surface area contributed by atoms with Gasteiger partial charge in [-0.3, -0.25) is 4.79 Å². The van der Waals surface area contributed by atoms with Crippen LogP contribution in [-0.2, 0) is 10.2 Å². The Labute approximate surface area is 185 Å². The molecule has 0 spiro atoms. The summed E-state index contributed by atoms with van der Waals surface area (Å²) in [7, 11) is 0. The normalized spacial score (nSPS) is 11.0. The molecule has 0 radical (unpaired) electrons. The van der Waals surface area contributed by atoms with E-state index >= 15 is 0 Å². The number of amides is 1. The molecule has 0 bridgehead atoms. The number of nitrogens with one attached hydrogen (secondary N) is 1. The second kappa shape index (κ2) is 11.2. The third-order valence-electron chi connectivity index (χ3n) is 5.42. The molecule has 1 N–H and O–H groups in total. The Kier molecular flexibility index (Phi) is 8.11. The highest BCUT2D eigenvalue weighted by Crippen LogP contribution is 2.31. The molecular weight excluding hydrogens is 386 g/mol. The zero-order chi connectivity index (χ0) is 21.9. The van der Waals surface area contributed by atoms with Crippen LogP contribution in [0, 0.1) is 0 Å². The van der Waals surface area contributed by atoms with E-state index in [-0.39, 0.29) is 11.3 Å². The number of carbonyl (C=O) groups excluding carboxylic acids is 1. The Bertz CT molecular complexity index is 901. The van der Waals surface area contributed by atoms with Crippen molar-refractivity contribution in [1.82, 2.24) is 5.32 Å². The molecule has 4 heteroatoms. The second-order valence-corrected chi connectivity index (χ2v) is 7.67. The number of hydrogen-bond acceptors (Lipinski definition) is 3. The molecule has 162 valence electrons. The van der Waals surface area contributed by atoms with Crippen molar-refractivity contribution in [2.24, 2.45) is 0 Å². The van der Waals surface area contributed by atoms with E-state index in [1.165, 1.54) is 11.1 Å². The number of ether oxygens (including phenoxy) is 2. The maximum atomic E-state index is 12.5. The van der Waals surface area contributed by atoms with E-state index in [4.69, 9.17) is 9.47 Å². The fraction of sp³-hybridized carbons (Fsp3) is 0.296. The number of carbonyl (C=O) groups is 1. The molecule has 0 aliphatic heterocycles.